The van der Waals surface area contributed by atoms with Gasteiger partial charge in [-0.25, -0.2) is 4.79 Å². The number of hydrogen-bond donors (Lipinski definition) is 2. The largest absolute Gasteiger partial charge is 0.329 e. The second-order valence-corrected chi connectivity index (χ2v) is 4.71. The fraction of sp³-hybridized carbons (Fsp3) is 0.385. The molecule has 0 aliphatic carbocycles. The number of halogens is 1. The van der Waals surface area contributed by atoms with E-state index in [1.54, 1.807) is 4.90 Å². The van der Waals surface area contributed by atoms with Crippen molar-refractivity contribution in [1.82, 2.24) is 10.6 Å². The third-order valence-corrected chi connectivity index (χ3v) is 3.72. The highest BCUT2D eigenvalue weighted by atomic mass is 35.5. The predicted octanol–water partition coefficient (Wildman–Crippen LogP) is 1.29. The van der Waals surface area contributed by atoms with E-state index >= 15 is 0 Å². The zero-order valence-electron chi connectivity index (χ0n) is 10.4. The van der Waals surface area contributed by atoms with E-state index < -0.39 is 5.54 Å². The smallest absolute Gasteiger partial charge is 0.317 e. The lowest BCUT2D eigenvalue weighted by molar-refractivity contribution is -0.124. The third kappa shape index (κ3) is 2.09. The van der Waals surface area contributed by atoms with Crippen molar-refractivity contribution < 1.29 is 9.59 Å². The molecule has 0 aromatic heterocycles. The Bertz CT molecular complexity index is 486. The van der Waals surface area contributed by atoms with Crippen LogP contribution in [0.2, 0.25) is 0 Å². The molecule has 0 unspecified atom stereocenters. The molecular weight excluding hydrogens is 266 g/mol. The molecule has 1 aromatic carbocycles. The topological polar surface area (TPSA) is 61.4 Å². The van der Waals surface area contributed by atoms with E-state index in [4.69, 9.17) is 0 Å². The number of nitrogens with one attached hydrogen (secondary N) is 2. The molecular formula is C13H16ClN3O2. The summed E-state index contributed by atoms with van der Waals surface area (Å²) in [4.78, 5) is 25.8. The van der Waals surface area contributed by atoms with Crippen LogP contribution in [0.5, 0.6) is 0 Å². The standard InChI is InChI=1S/C13H15N3O2.ClH/c17-11-13(6-8-14-9-7-13)16(12(18)15-11)10-4-2-1-3-5-10;/h1-5,14H,6-9H2,(H,15,17,18);1H. The summed E-state index contributed by atoms with van der Waals surface area (Å²) in [7, 11) is 0. The summed E-state index contributed by atoms with van der Waals surface area (Å²) in [5.74, 6) is -0.169. The quantitative estimate of drug-likeness (QED) is 0.763. The van der Waals surface area contributed by atoms with Crippen molar-refractivity contribution in [1.29, 1.82) is 0 Å². The van der Waals surface area contributed by atoms with Crippen molar-refractivity contribution in [3.63, 3.8) is 0 Å². The van der Waals surface area contributed by atoms with Crippen molar-refractivity contribution in [2.45, 2.75) is 18.4 Å². The molecule has 2 N–H and O–H groups in total. The van der Waals surface area contributed by atoms with E-state index in [0.29, 0.717) is 12.8 Å². The molecule has 6 heteroatoms. The highest BCUT2D eigenvalue weighted by Gasteiger charge is 2.53. The van der Waals surface area contributed by atoms with E-state index in [1.165, 1.54) is 0 Å². The van der Waals surface area contributed by atoms with E-state index in [0.717, 1.165) is 18.8 Å². The number of hydrogen-bond acceptors (Lipinski definition) is 3. The van der Waals surface area contributed by atoms with Gasteiger partial charge in [0.1, 0.15) is 5.54 Å². The van der Waals surface area contributed by atoms with E-state index in [-0.39, 0.29) is 24.3 Å². The number of carbonyl (C=O) groups excluding carboxylic acids is 2. The van der Waals surface area contributed by atoms with Crippen LogP contribution in [0.25, 0.3) is 0 Å². The zero-order chi connectivity index (χ0) is 12.6. The fourth-order valence-electron chi connectivity index (χ4n) is 2.80. The van der Waals surface area contributed by atoms with Gasteiger partial charge in [0, 0.05) is 5.69 Å². The summed E-state index contributed by atoms with van der Waals surface area (Å²) in [5, 5.41) is 5.67. The number of amides is 3. The first-order valence-electron chi connectivity index (χ1n) is 6.15. The highest BCUT2D eigenvalue weighted by Crippen LogP contribution is 2.35. The van der Waals surface area contributed by atoms with Gasteiger partial charge in [-0.2, -0.15) is 0 Å². The third-order valence-electron chi connectivity index (χ3n) is 3.72. The van der Waals surface area contributed by atoms with Crippen molar-refractivity contribution in [3.05, 3.63) is 30.3 Å². The Morgan fingerprint density at radius 3 is 2.32 bits per heavy atom. The summed E-state index contributed by atoms with van der Waals surface area (Å²) in [6.07, 6.45) is 1.30. The molecule has 3 rings (SSSR count). The van der Waals surface area contributed by atoms with Gasteiger partial charge in [0.15, 0.2) is 0 Å². The molecule has 0 bridgehead atoms. The Hall–Kier alpha value is -1.59. The van der Waals surface area contributed by atoms with Crippen molar-refractivity contribution >= 4 is 30.0 Å². The van der Waals surface area contributed by atoms with Crippen LogP contribution < -0.4 is 15.5 Å². The summed E-state index contributed by atoms with van der Waals surface area (Å²) >= 11 is 0. The summed E-state index contributed by atoms with van der Waals surface area (Å²) < 4.78 is 0. The first-order valence-corrected chi connectivity index (χ1v) is 6.15. The van der Waals surface area contributed by atoms with Gasteiger partial charge >= 0.3 is 6.03 Å². The zero-order valence-corrected chi connectivity index (χ0v) is 11.2. The molecule has 1 spiro atoms. The predicted molar refractivity (Wildman–Crippen MR) is 74.5 cm³/mol. The lowest BCUT2D eigenvalue weighted by Gasteiger charge is -2.38. The Labute approximate surface area is 117 Å². The minimum absolute atomic E-state index is 0. The van der Waals surface area contributed by atoms with Gasteiger partial charge in [-0.1, -0.05) is 18.2 Å². The molecule has 2 aliphatic rings. The lowest BCUT2D eigenvalue weighted by Crippen LogP contribution is -2.56. The van der Waals surface area contributed by atoms with Crippen LogP contribution in [0.3, 0.4) is 0 Å². The van der Waals surface area contributed by atoms with Crippen LogP contribution in [-0.2, 0) is 4.79 Å². The molecule has 2 aliphatic heterocycles. The number of imide groups is 1. The van der Waals surface area contributed by atoms with Crippen LogP contribution in [-0.4, -0.2) is 30.6 Å². The van der Waals surface area contributed by atoms with Gasteiger partial charge in [-0.15, -0.1) is 12.4 Å². The lowest BCUT2D eigenvalue weighted by atomic mass is 9.86. The maximum Gasteiger partial charge on any atom is 0.329 e. The Kier molecular flexibility index (Phi) is 3.78. The highest BCUT2D eigenvalue weighted by molar-refractivity contribution is 6.17. The molecule has 2 heterocycles. The SMILES string of the molecule is Cl.O=C1NC(=O)C2(CCNCC2)N1c1ccccc1. The van der Waals surface area contributed by atoms with Crippen LogP contribution in [0.15, 0.2) is 30.3 Å². The number of rotatable bonds is 1. The average Bonchev–Trinajstić information content (AvgIpc) is 2.63. The molecule has 19 heavy (non-hydrogen) atoms. The molecule has 3 amide bonds. The molecule has 2 fully saturated rings. The van der Waals surface area contributed by atoms with Crippen LogP contribution in [0.1, 0.15) is 12.8 Å². The number of piperidine rings is 1. The molecule has 0 radical (unpaired) electrons. The maximum absolute atomic E-state index is 12.1. The second-order valence-electron chi connectivity index (χ2n) is 4.71. The average molecular weight is 282 g/mol. The molecule has 2 saturated heterocycles. The number of carbonyl (C=O) groups is 2. The van der Waals surface area contributed by atoms with Gasteiger partial charge in [0.05, 0.1) is 0 Å². The van der Waals surface area contributed by atoms with Gasteiger partial charge < -0.3 is 5.32 Å². The number of para-hydroxylation sites is 1. The van der Waals surface area contributed by atoms with Crippen molar-refractivity contribution in [2.24, 2.45) is 0 Å². The molecule has 1 aromatic rings. The van der Waals surface area contributed by atoms with E-state index in [2.05, 4.69) is 10.6 Å². The Balaban J connectivity index is 0.00000133. The van der Waals surface area contributed by atoms with Crippen LogP contribution >= 0.6 is 12.4 Å². The summed E-state index contributed by atoms with van der Waals surface area (Å²) in [5.41, 5.74) is 0.0756. The van der Waals surface area contributed by atoms with Crippen LogP contribution in [0.4, 0.5) is 10.5 Å². The number of urea groups is 1. The normalized spacial score (nSPS) is 21.2. The monoisotopic (exact) mass is 281 g/mol. The number of nitrogens with zero attached hydrogens (tertiary/aromatic N) is 1. The second kappa shape index (κ2) is 5.19. The molecule has 0 saturated carbocycles. The van der Waals surface area contributed by atoms with Crippen molar-refractivity contribution in [2.75, 3.05) is 18.0 Å². The van der Waals surface area contributed by atoms with Crippen molar-refractivity contribution in [3.8, 4) is 0 Å². The Morgan fingerprint density at radius 2 is 1.68 bits per heavy atom. The summed E-state index contributed by atoms with van der Waals surface area (Å²) in [6, 6.07) is 9.06. The Morgan fingerprint density at radius 1 is 1.05 bits per heavy atom. The molecule has 0 atom stereocenters. The first-order chi connectivity index (χ1) is 8.74. The minimum atomic E-state index is -0.705. The van der Waals surface area contributed by atoms with Gasteiger partial charge in [-0.3, -0.25) is 15.0 Å². The fourth-order valence-corrected chi connectivity index (χ4v) is 2.80. The van der Waals surface area contributed by atoms with Gasteiger partial charge in [0.2, 0.25) is 0 Å². The number of benzene rings is 1. The summed E-state index contributed by atoms with van der Waals surface area (Å²) in [6.45, 7) is 1.51. The molecule has 5 nitrogen and oxygen atoms in total. The first kappa shape index (κ1) is 13.8. The number of anilines is 1. The van der Waals surface area contributed by atoms with E-state index in [1.807, 2.05) is 30.3 Å². The van der Waals surface area contributed by atoms with E-state index in [9.17, 15) is 9.59 Å². The van der Waals surface area contributed by atoms with Gasteiger partial charge in [0.25, 0.3) is 5.91 Å². The minimum Gasteiger partial charge on any atom is -0.317 e. The van der Waals surface area contributed by atoms with Gasteiger partial charge in [-0.05, 0) is 38.1 Å². The molecule has 102 valence electrons. The van der Waals surface area contributed by atoms with Crippen LogP contribution in [0, 0.1) is 0 Å². The maximum atomic E-state index is 12.1.